The SMILES string of the molecule is COc1ccc(CC[C@@H]2Cc3cc(O)cc(O)c3C(=O)O2)cc1. The highest BCUT2D eigenvalue weighted by atomic mass is 16.5. The van der Waals surface area contributed by atoms with E-state index < -0.39 is 5.97 Å². The number of hydrogen-bond acceptors (Lipinski definition) is 5. The number of cyclic esters (lactones) is 1. The first kappa shape index (κ1) is 15.2. The summed E-state index contributed by atoms with van der Waals surface area (Å²) in [7, 11) is 1.62. The number of rotatable bonds is 4. The molecule has 1 atom stereocenters. The summed E-state index contributed by atoms with van der Waals surface area (Å²) in [5.74, 6) is -0.0235. The van der Waals surface area contributed by atoms with Gasteiger partial charge in [-0.05, 0) is 42.2 Å². The van der Waals surface area contributed by atoms with Crippen molar-refractivity contribution in [1.82, 2.24) is 0 Å². The van der Waals surface area contributed by atoms with Crippen LogP contribution < -0.4 is 4.74 Å². The van der Waals surface area contributed by atoms with Gasteiger partial charge in [0.2, 0.25) is 0 Å². The fourth-order valence-electron chi connectivity index (χ4n) is 2.84. The highest BCUT2D eigenvalue weighted by molar-refractivity contribution is 5.95. The Labute approximate surface area is 134 Å². The van der Waals surface area contributed by atoms with Crippen molar-refractivity contribution in [3.05, 3.63) is 53.1 Å². The number of phenolic OH excluding ortho intramolecular Hbond substituents is 2. The van der Waals surface area contributed by atoms with E-state index in [0.29, 0.717) is 18.4 Å². The van der Waals surface area contributed by atoms with E-state index in [0.717, 1.165) is 23.8 Å². The maximum Gasteiger partial charge on any atom is 0.342 e. The van der Waals surface area contributed by atoms with Crippen LogP contribution in [0, 0.1) is 0 Å². The lowest BCUT2D eigenvalue weighted by Crippen LogP contribution is -2.28. The molecule has 1 aliphatic rings. The van der Waals surface area contributed by atoms with E-state index >= 15 is 0 Å². The number of aromatic hydroxyl groups is 2. The predicted molar refractivity (Wildman–Crippen MR) is 84.0 cm³/mol. The Morgan fingerprint density at radius 2 is 1.96 bits per heavy atom. The largest absolute Gasteiger partial charge is 0.508 e. The summed E-state index contributed by atoms with van der Waals surface area (Å²) in [6.07, 6.45) is 1.66. The van der Waals surface area contributed by atoms with Crippen molar-refractivity contribution in [3.8, 4) is 17.2 Å². The van der Waals surface area contributed by atoms with E-state index in [4.69, 9.17) is 9.47 Å². The van der Waals surface area contributed by atoms with Crippen LogP contribution in [0.25, 0.3) is 0 Å². The third-order valence-electron chi connectivity index (χ3n) is 4.02. The molecule has 0 radical (unpaired) electrons. The molecule has 0 unspecified atom stereocenters. The molecular weight excluding hydrogens is 296 g/mol. The monoisotopic (exact) mass is 314 g/mol. The fourth-order valence-corrected chi connectivity index (χ4v) is 2.84. The summed E-state index contributed by atoms with van der Waals surface area (Å²) < 4.78 is 10.5. The number of carbonyl (C=O) groups excluding carboxylic acids is 1. The Morgan fingerprint density at radius 1 is 1.22 bits per heavy atom. The summed E-state index contributed by atoms with van der Waals surface area (Å²) in [5.41, 5.74) is 1.91. The first-order chi connectivity index (χ1) is 11.1. The molecule has 3 rings (SSSR count). The number of hydrogen-bond donors (Lipinski definition) is 2. The lowest BCUT2D eigenvalue weighted by atomic mass is 9.94. The van der Waals surface area contributed by atoms with Gasteiger partial charge in [-0.3, -0.25) is 0 Å². The third kappa shape index (κ3) is 3.23. The van der Waals surface area contributed by atoms with Gasteiger partial charge in [0.05, 0.1) is 7.11 Å². The van der Waals surface area contributed by atoms with E-state index in [9.17, 15) is 15.0 Å². The van der Waals surface area contributed by atoms with Crippen LogP contribution in [0.15, 0.2) is 36.4 Å². The predicted octanol–water partition coefficient (Wildman–Crippen LogP) is 2.82. The molecule has 0 bridgehead atoms. The molecule has 0 saturated heterocycles. The van der Waals surface area contributed by atoms with Crippen LogP contribution >= 0.6 is 0 Å². The zero-order chi connectivity index (χ0) is 16.4. The molecule has 1 aliphatic heterocycles. The van der Waals surface area contributed by atoms with Gasteiger partial charge in [-0.2, -0.15) is 0 Å². The molecule has 0 fully saturated rings. The van der Waals surface area contributed by atoms with Gasteiger partial charge in [-0.15, -0.1) is 0 Å². The minimum absolute atomic E-state index is 0.0511. The maximum absolute atomic E-state index is 12.0. The van der Waals surface area contributed by atoms with Crippen LogP contribution in [-0.4, -0.2) is 29.4 Å². The van der Waals surface area contributed by atoms with Crippen molar-refractivity contribution in [2.24, 2.45) is 0 Å². The minimum Gasteiger partial charge on any atom is -0.508 e. The van der Waals surface area contributed by atoms with Gasteiger partial charge < -0.3 is 19.7 Å². The fraction of sp³-hybridized carbons (Fsp3) is 0.278. The lowest BCUT2D eigenvalue weighted by molar-refractivity contribution is 0.0234. The number of methoxy groups -OCH3 is 1. The molecule has 2 aromatic rings. The normalized spacial score (nSPS) is 16.6. The smallest absolute Gasteiger partial charge is 0.342 e. The first-order valence-electron chi connectivity index (χ1n) is 7.45. The number of aryl methyl sites for hydroxylation is 1. The standard InChI is InChI=1S/C18H18O5/c1-22-14-5-2-11(3-6-14)4-7-15-9-12-8-13(19)10-16(20)17(12)18(21)23-15/h2-3,5-6,8,10,15,19-20H,4,7,9H2,1H3/t15-/m1/s1. The number of phenols is 2. The van der Waals surface area contributed by atoms with Crippen LogP contribution in [-0.2, 0) is 17.6 Å². The van der Waals surface area contributed by atoms with E-state index in [-0.39, 0.29) is 23.2 Å². The van der Waals surface area contributed by atoms with Crippen molar-refractivity contribution < 1.29 is 24.5 Å². The molecule has 0 saturated carbocycles. The van der Waals surface area contributed by atoms with Crippen molar-refractivity contribution in [2.75, 3.05) is 7.11 Å². The molecule has 2 aromatic carbocycles. The summed E-state index contributed by atoms with van der Waals surface area (Å²) in [5, 5.41) is 19.4. The van der Waals surface area contributed by atoms with Crippen molar-refractivity contribution in [2.45, 2.75) is 25.4 Å². The second-order valence-electron chi connectivity index (χ2n) is 5.62. The quantitative estimate of drug-likeness (QED) is 0.849. The second-order valence-corrected chi connectivity index (χ2v) is 5.62. The number of benzene rings is 2. The topological polar surface area (TPSA) is 76.0 Å². The molecule has 2 N–H and O–H groups in total. The minimum atomic E-state index is -0.538. The van der Waals surface area contributed by atoms with Crippen LogP contribution in [0.2, 0.25) is 0 Å². The van der Waals surface area contributed by atoms with E-state index in [1.54, 1.807) is 7.11 Å². The van der Waals surface area contributed by atoms with Gasteiger partial charge >= 0.3 is 5.97 Å². The average molecular weight is 314 g/mol. The van der Waals surface area contributed by atoms with Gasteiger partial charge in [0.25, 0.3) is 0 Å². The van der Waals surface area contributed by atoms with Crippen molar-refractivity contribution >= 4 is 5.97 Å². The van der Waals surface area contributed by atoms with E-state index in [2.05, 4.69) is 0 Å². The molecular formula is C18H18O5. The van der Waals surface area contributed by atoms with Gasteiger partial charge in [0.1, 0.15) is 28.9 Å². The summed E-state index contributed by atoms with van der Waals surface area (Å²) in [6, 6.07) is 10.4. The highest BCUT2D eigenvalue weighted by Crippen LogP contribution is 2.33. The zero-order valence-electron chi connectivity index (χ0n) is 12.8. The molecule has 5 nitrogen and oxygen atoms in total. The first-order valence-corrected chi connectivity index (χ1v) is 7.45. The molecule has 0 spiro atoms. The highest BCUT2D eigenvalue weighted by Gasteiger charge is 2.29. The number of esters is 1. The summed E-state index contributed by atoms with van der Waals surface area (Å²) >= 11 is 0. The molecule has 0 aromatic heterocycles. The Balaban J connectivity index is 1.69. The van der Waals surface area contributed by atoms with Gasteiger partial charge in [-0.1, -0.05) is 12.1 Å². The maximum atomic E-state index is 12.0. The molecule has 1 heterocycles. The van der Waals surface area contributed by atoms with Crippen molar-refractivity contribution in [3.63, 3.8) is 0 Å². The van der Waals surface area contributed by atoms with Gasteiger partial charge in [0, 0.05) is 12.5 Å². The summed E-state index contributed by atoms with van der Waals surface area (Å²) in [6.45, 7) is 0. The Morgan fingerprint density at radius 3 is 2.65 bits per heavy atom. The van der Waals surface area contributed by atoms with E-state index in [1.807, 2.05) is 24.3 Å². The molecule has 23 heavy (non-hydrogen) atoms. The number of fused-ring (bicyclic) bond motifs is 1. The van der Waals surface area contributed by atoms with Crippen molar-refractivity contribution in [1.29, 1.82) is 0 Å². The third-order valence-corrected chi connectivity index (χ3v) is 4.02. The number of ether oxygens (including phenoxy) is 2. The molecule has 120 valence electrons. The van der Waals surface area contributed by atoms with E-state index in [1.165, 1.54) is 6.07 Å². The van der Waals surface area contributed by atoms with Crippen LogP contribution in [0.1, 0.15) is 27.9 Å². The lowest BCUT2D eigenvalue weighted by Gasteiger charge is -2.25. The Hall–Kier alpha value is -2.69. The molecule has 5 heteroatoms. The zero-order valence-corrected chi connectivity index (χ0v) is 12.8. The Kier molecular flexibility index (Phi) is 4.10. The second kappa shape index (κ2) is 6.20. The summed E-state index contributed by atoms with van der Waals surface area (Å²) in [4.78, 5) is 12.0. The van der Waals surface area contributed by atoms with Crippen LogP contribution in [0.5, 0.6) is 17.2 Å². The molecule has 0 amide bonds. The molecule has 0 aliphatic carbocycles. The number of carbonyl (C=O) groups is 1. The van der Waals surface area contributed by atoms with Gasteiger partial charge in [0.15, 0.2) is 0 Å². The van der Waals surface area contributed by atoms with Crippen LogP contribution in [0.4, 0.5) is 0 Å². The van der Waals surface area contributed by atoms with Crippen LogP contribution in [0.3, 0.4) is 0 Å². The average Bonchev–Trinajstić information content (AvgIpc) is 2.52. The Bertz CT molecular complexity index is 721. The van der Waals surface area contributed by atoms with Gasteiger partial charge in [-0.25, -0.2) is 4.79 Å².